The molecule has 2 aromatic heterocycles. The number of ether oxygens (including phenoxy) is 1. The first-order chi connectivity index (χ1) is 10.9. The molecule has 3 rings (SSSR count). The monoisotopic (exact) mass is 321 g/mol. The van der Waals surface area contributed by atoms with Gasteiger partial charge in [-0.05, 0) is 6.92 Å². The highest BCUT2D eigenvalue weighted by atomic mass is 16.5. The predicted molar refractivity (Wildman–Crippen MR) is 81.8 cm³/mol. The van der Waals surface area contributed by atoms with Gasteiger partial charge in [0, 0.05) is 12.3 Å². The van der Waals surface area contributed by atoms with Gasteiger partial charge < -0.3 is 9.84 Å². The van der Waals surface area contributed by atoms with Crippen molar-refractivity contribution in [3.63, 3.8) is 0 Å². The number of aliphatic hydroxyl groups excluding tert-OH is 1. The topological polar surface area (TPSA) is 122 Å². The Morgan fingerprint density at radius 1 is 1.57 bits per heavy atom. The number of hydrogen-bond acceptors (Lipinski definition) is 6. The number of rotatable bonds is 3. The minimum absolute atomic E-state index is 0.0644. The summed E-state index contributed by atoms with van der Waals surface area (Å²) in [4.78, 5) is 34.7. The number of carbonyl (C=O) groups is 1. The lowest BCUT2D eigenvalue weighted by Gasteiger charge is -2.13. The van der Waals surface area contributed by atoms with E-state index < -0.39 is 17.9 Å². The number of aliphatic hydroxyl groups is 1. The molecule has 1 aliphatic rings. The van der Waals surface area contributed by atoms with Gasteiger partial charge in [0.1, 0.15) is 6.23 Å². The van der Waals surface area contributed by atoms with E-state index >= 15 is 0 Å². The molecule has 3 heterocycles. The van der Waals surface area contributed by atoms with E-state index in [9.17, 15) is 14.7 Å². The zero-order chi connectivity index (χ0) is 16.7. The van der Waals surface area contributed by atoms with Crippen LogP contribution in [0.25, 0.3) is 11.2 Å². The van der Waals surface area contributed by atoms with E-state index in [1.54, 1.807) is 25.3 Å². The Hall–Kier alpha value is -2.26. The van der Waals surface area contributed by atoms with Crippen molar-refractivity contribution < 1.29 is 14.6 Å². The van der Waals surface area contributed by atoms with Crippen LogP contribution in [0.2, 0.25) is 0 Å². The van der Waals surface area contributed by atoms with Crippen LogP contribution < -0.4 is 10.9 Å². The molecule has 3 N–H and O–H groups in total. The molecule has 1 aliphatic heterocycles. The maximum atomic E-state index is 12.1. The number of amides is 1. The number of hydrogen-bond donors (Lipinski definition) is 3. The Morgan fingerprint density at radius 3 is 2.91 bits per heavy atom. The number of H-pyrrole nitrogens is 1. The zero-order valence-corrected chi connectivity index (χ0v) is 13.1. The van der Waals surface area contributed by atoms with Crippen molar-refractivity contribution in [2.45, 2.75) is 45.6 Å². The van der Waals surface area contributed by atoms with Crippen molar-refractivity contribution in [3.05, 3.63) is 16.7 Å². The van der Waals surface area contributed by atoms with Gasteiger partial charge in [-0.2, -0.15) is 4.98 Å². The Kier molecular flexibility index (Phi) is 3.90. The first-order valence-corrected chi connectivity index (χ1v) is 7.48. The van der Waals surface area contributed by atoms with Crippen LogP contribution in [0.15, 0.2) is 11.1 Å². The van der Waals surface area contributed by atoms with Crippen molar-refractivity contribution in [1.29, 1.82) is 0 Å². The largest absolute Gasteiger partial charge is 0.390 e. The van der Waals surface area contributed by atoms with E-state index in [0.29, 0.717) is 12.1 Å². The van der Waals surface area contributed by atoms with Gasteiger partial charge >= 0.3 is 0 Å². The van der Waals surface area contributed by atoms with Crippen LogP contribution in [0.3, 0.4) is 0 Å². The first-order valence-electron chi connectivity index (χ1n) is 7.48. The highest BCUT2D eigenvalue weighted by Gasteiger charge is 2.33. The molecule has 1 fully saturated rings. The molecule has 0 saturated carbocycles. The molecule has 0 bridgehead atoms. The van der Waals surface area contributed by atoms with E-state index in [2.05, 4.69) is 20.3 Å². The molecule has 23 heavy (non-hydrogen) atoms. The third kappa shape index (κ3) is 2.84. The number of imidazole rings is 1. The summed E-state index contributed by atoms with van der Waals surface area (Å²) in [6, 6.07) is 0. The predicted octanol–water partition coefficient (Wildman–Crippen LogP) is 0.382. The summed E-state index contributed by atoms with van der Waals surface area (Å²) in [6.07, 6.45) is 0.498. The summed E-state index contributed by atoms with van der Waals surface area (Å²) in [6.45, 7) is 5.26. The lowest BCUT2D eigenvalue weighted by Crippen LogP contribution is -2.22. The van der Waals surface area contributed by atoms with Crippen molar-refractivity contribution in [1.82, 2.24) is 19.5 Å². The van der Waals surface area contributed by atoms with Crippen LogP contribution in [-0.4, -0.2) is 42.7 Å². The summed E-state index contributed by atoms with van der Waals surface area (Å²) >= 11 is 0. The Bertz CT molecular complexity index is 786. The molecule has 9 nitrogen and oxygen atoms in total. The normalized spacial score (nSPS) is 24.5. The SMILES string of the molecule is CC(C)C(=O)Nc1nc2c(ncn2[C@H]2CC(O)[C@@H](C)O2)c(=O)[nH]1. The van der Waals surface area contributed by atoms with Gasteiger partial charge in [0.05, 0.1) is 18.5 Å². The van der Waals surface area contributed by atoms with E-state index in [1.807, 2.05) is 0 Å². The zero-order valence-electron chi connectivity index (χ0n) is 13.1. The molecule has 124 valence electrons. The number of aromatic nitrogens is 4. The highest BCUT2D eigenvalue weighted by molar-refractivity contribution is 5.91. The Balaban J connectivity index is 1.99. The number of fused-ring (bicyclic) bond motifs is 1. The molecular weight excluding hydrogens is 302 g/mol. The molecule has 0 aliphatic carbocycles. The maximum Gasteiger partial charge on any atom is 0.280 e. The second-order valence-corrected chi connectivity index (χ2v) is 5.98. The number of carbonyl (C=O) groups excluding carboxylic acids is 1. The molecule has 9 heteroatoms. The van der Waals surface area contributed by atoms with Gasteiger partial charge in [0.25, 0.3) is 5.56 Å². The number of anilines is 1. The summed E-state index contributed by atoms with van der Waals surface area (Å²) in [5.41, 5.74) is 0.0173. The molecule has 0 aromatic carbocycles. The first kappa shape index (κ1) is 15.6. The third-order valence-corrected chi connectivity index (χ3v) is 3.87. The molecule has 1 unspecified atom stereocenters. The highest BCUT2D eigenvalue weighted by Crippen LogP contribution is 2.30. The molecule has 1 saturated heterocycles. The van der Waals surface area contributed by atoms with Crippen molar-refractivity contribution in [3.8, 4) is 0 Å². The van der Waals surface area contributed by atoms with E-state index in [1.165, 1.54) is 6.33 Å². The molecule has 0 spiro atoms. The third-order valence-electron chi connectivity index (χ3n) is 3.87. The molecule has 0 radical (unpaired) electrons. The standard InChI is InChI=1S/C14H19N5O4/c1-6(2)12(21)17-14-16-11-10(13(22)18-14)15-5-19(11)9-4-8(20)7(3)23-9/h5-9,20H,4H2,1-3H3,(H2,16,17,18,21,22)/t7-,8?,9-/m1/s1. The lowest BCUT2D eigenvalue weighted by molar-refractivity contribution is -0.118. The van der Waals surface area contributed by atoms with Crippen LogP contribution >= 0.6 is 0 Å². The fourth-order valence-corrected chi connectivity index (χ4v) is 2.43. The van der Waals surface area contributed by atoms with E-state index in [0.717, 1.165) is 0 Å². The number of nitrogens with zero attached hydrogens (tertiary/aromatic N) is 3. The lowest BCUT2D eigenvalue weighted by atomic mass is 10.2. The van der Waals surface area contributed by atoms with Crippen LogP contribution in [0, 0.1) is 5.92 Å². The van der Waals surface area contributed by atoms with E-state index in [4.69, 9.17) is 4.74 Å². The van der Waals surface area contributed by atoms with Crippen molar-refractivity contribution in [2.75, 3.05) is 5.32 Å². The maximum absolute atomic E-state index is 12.1. The summed E-state index contributed by atoms with van der Waals surface area (Å²) in [5, 5.41) is 12.4. The van der Waals surface area contributed by atoms with Crippen LogP contribution in [0.1, 0.15) is 33.4 Å². The van der Waals surface area contributed by atoms with Gasteiger partial charge in [0.15, 0.2) is 11.2 Å². The number of nitrogens with one attached hydrogen (secondary N) is 2. The minimum atomic E-state index is -0.584. The van der Waals surface area contributed by atoms with Crippen LogP contribution in [-0.2, 0) is 9.53 Å². The van der Waals surface area contributed by atoms with Gasteiger partial charge in [-0.3, -0.25) is 24.5 Å². The number of aromatic amines is 1. The van der Waals surface area contributed by atoms with Crippen LogP contribution in [0.5, 0.6) is 0 Å². The second kappa shape index (κ2) is 5.74. The van der Waals surface area contributed by atoms with E-state index in [-0.39, 0.29) is 29.4 Å². The quantitative estimate of drug-likeness (QED) is 0.751. The summed E-state index contributed by atoms with van der Waals surface area (Å²) in [7, 11) is 0. The Morgan fingerprint density at radius 2 is 2.30 bits per heavy atom. The van der Waals surface area contributed by atoms with Gasteiger partial charge in [0.2, 0.25) is 11.9 Å². The van der Waals surface area contributed by atoms with Crippen molar-refractivity contribution >= 4 is 23.0 Å². The smallest absolute Gasteiger partial charge is 0.280 e. The van der Waals surface area contributed by atoms with Gasteiger partial charge in [-0.25, -0.2) is 4.98 Å². The van der Waals surface area contributed by atoms with Crippen LogP contribution in [0.4, 0.5) is 5.95 Å². The Labute approximate surface area is 131 Å². The van der Waals surface area contributed by atoms with Crippen molar-refractivity contribution in [2.24, 2.45) is 5.92 Å². The average molecular weight is 321 g/mol. The molecule has 2 aromatic rings. The fraction of sp³-hybridized carbons (Fsp3) is 0.571. The molecule has 3 atom stereocenters. The minimum Gasteiger partial charge on any atom is -0.390 e. The average Bonchev–Trinajstić information content (AvgIpc) is 3.03. The summed E-state index contributed by atoms with van der Waals surface area (Å²) < 4.78 is 7.26. The molecular formula is C14H19N5O4. The van der Waals surface area contributed by atoms with Gasteiger partial charge in [-0.1, -0.05) is 13.8 Å². The molecule has 1 amide bonds. The second-order valence-electron chi connectivity index (χ2n) is 5.98. The summed E-state index contributed by atoms with van der Waals surface area (Å²) in [5.74, 6) is -0.427. The fourth-order valence-electron chi connectivity index (χ4n) is 2.43. The van der Waals surface area contributed by atoms with Gasteiger partial charge in [-0.15, -0.1) is 0 Å².